The Kier molecular flexibility index (Phi) is 6.18. The molecule has 1 atom stereocenters. The third-order valence-electron chi connectivity index (χ3n) is 5.48. The maximum absolute atomic E-state index is 12.8. The molecule has 0 bridgehead atoms. The second-order valence-corrected chi connectivity index (χ2v) is 7.60. The fraction of sp³-hybridized carbons (Fsp3) is 0.476. The quantitative estimate of drug-likeness (QED) is 0.811. The molecule has 158 valence electrons. The van der Waals surface area contributed by atoms with E-state index in [1.165, 1.54) is 0 Å². The minimum Gasteiger partial charge on any atom is -0.368 e. The summed E-state index contributed by atoms with van der Waals surface area (Å²) in [5, 5.41) is 0. The minimum atomic E-state index is -0.322. The van der Waals surface area contributed by atoms with Crippen molar-refractivity contribution in [3.63, 3.8) is 0 Å². The average Bonchev–Trinajstić information content (AvgIpc) is 2.98. The molecular formula is C21H26N6O3. The van der Waals surface area contributed by atoms with Crippen LogP contribution in [0.15, 0.2) is 30.6 Å². The number of carbonyl (C=O) groups is 2. The number of nitrogen functional groups attached to an aromatic ring is 1. The molecule has 2 N–H and O–H groups in total. The monoisotopic (exact) mass is 410 g/mol. The molecule has 2 aromatic rings. The number of nitrogens with two attached hydrogens (primary N) is 1. The summed E-state index contributed by atoms with van der Waals surface area (Å²) < 4.78 is 5.90. The van der Waals surface area contributed by atoms with Crippen molar-refractivity contribution >= 4 is 17.8 Å². The molecule has 0 saturated carbocycles. The van der Waals surface area contributed by atoms with E-state index in [0.717, 1.165) is 36.2 Å². The summed E-state index contributed by atoms with van der Waals surface area (Å²) in [6, 6.07) is 5.65. The summed E-state index contributed by atoms with van der Waals surface area (Å²) >= 11 is 0. The van der Waals surface area contributed by atoms with Gasteiger partial charge in [0, 0.05) is 37.5 Å². The molecule has 4 heterocycles. The zero-order valence-corrected chi connectivity index (χ0v) is 16.9. The van der Waals surface area contributed by atoms with Crippen LogP contribution in [-0.4, -0.2) is 69.4 Å². The summed E-state index contributed by atoms with van der Waals surface area (Å²) in [7, 11) is 0. The molecule has 2 aliphatic rings. The highest BCUT2D eigenvalue weighted by Crippen LogP contribution is 2.24. The van der Waals surface area contributed by atoms with E-state index in [1.54, 1.807) is 22.2 Å². The van der Waals surface area contributed by atoms with Gasteiger partial charge in [0.1, 0.15) is 6.10 Å². The van der Waals surface area contributed by atoms with E-state index in [0.29, 0.717) is 32.7 Å². The normalized spacial score (nSPS) is 20.1. The lowest BCUT2D eigenvalue weighted by Crippen LogP contribution is -2.47. The SMILES string of the molecule is Nc1ncc(-c2cccc(C3CN(C(=O)CN4CCCCCC4=O)CCO3)n2)cn1. The number of hydrogen-bond donors (Lipinski definition) is 1. The molecule has 2 aromatic heterocycles. The summed E-state index contributed by atoms with van der Waals surface area (Å²) in [4.78, 5) is 41.2. The molecule has 9 nitrogen and oxygen atoms in total. The number of carbonyl (C=O) groups excluding carboxylic acids is 2. The number of ether oxygens (including phenoxy) is 1. The van der Waals surface area contributed by atoms with Crippen molar-refractivity contribution in [3.05, 3.63) is 36.3 Å². The summed E-state index contributed by atoms with van der Waals surface area (Å²) in [6.45, 7) is 2.16. The predicted octanol–water partition coefficient (Wildman–Crippen LogP) is 1.42. The Morgan fingerprint density at radius 2 is 2.00 bits per heavy atom. The van der Waals surface area contributed by atoms with E-state index < -0.39 is 0 Å². The number of anilines is 1. The maximum atomic E-state index is 12.8. The molecule has 9 heteroatoms. The van der Waals surface area contributed by atoms with Crippen LogP contribution >= 0.6 is 0 Å². The molecule has 0 radical (unpaired) electrons. The van der Waals surface area contributed by atoms with Crippen LogP contribution < -0.4 is 5.73 Å². The van der Waals surface area contributed by atoms with Crippen molar-refractivity contribution in [2.75, 3.05) is 38.5 Å². The number of nitrogens with zero attached hydrogens (tertiary/aromatic N) is 5. The largest absolute Gasteiger partial charge is 0.368 e. The van der Waals surface area contributed by atoms with Crippen LogP contribution in [-0.2, 0) is 14.3 Å². The Morgan fingerprint density at radius 1 is 1.17 bits per heavy atom. The van der Waals surface area contributed by atoms with Crippen LogP contribution in [0.4, 0.5) is 5.95 Å². The zero-order valence-electron chi connectivity index (χ0n) is 16.9. The number of rotatable bonds is 4. The van der Waals surface area contributed by atoms with Gasteiger partial charge < -0.3 is 20.3 Å². The Labute approximate surface area is 175 Å². The van der Waals surface area contributed by atoms with Crippen LogP contribution in [0.2, 0.25) is 0 Å². The van der Waals surface area contributed by atoms with Crippen molar-refractivity contribution in [2.45, 2.75) is 31.8 Å². The molecule has 0 aromatic carbocycles. The first-order valence-corrected chi connectivity index (χ1v) is 10.3. The van der Waals surface area contributed by atoms with Crippen LogP contribution in [0.1, 0.15) is 37.5 Å². The number of pyridine rings is 1. The van der Waals surface area contributed by atoms with Crippen LogP contribution in [0.5, 0.6) is 0 Å². The zero-order chi connectivity index (χ0) is 20.9. The lowest BCUT2D eigenvalue weighted by atomic mass is 10.1. The second-order valence-electron chi connectivity index (χ2n) is 7.60. The summed E-state index contributed by atoms with van der Waals surface area (Å²) in [6.07, 6.45) is 6.37. The molecule has 0 spiro atoms. The van der Waals surface area contributed by atoms with E-state index in [1.807, 2.05) is 18.2 Å². The van der Waals surface area contributed by atoms with Crippen LogP contribution in [0.25, 0.3) is 11.3 Å². The second kappa shape index (κ2) is 9.17. The molecule has 2 fully saturated rings. The predicted molar refractivity (Wildman–Crippen MR) is 110 cm³/mol. The molecule has 0 aliphatic carbocycles. The number of likely N-dealkylation sites (tertiary alicyclic amines) is 1. The van der Waals surface area contributed by atoms with Crippen molar-refractivity contribution in [2.24, 2.45) is 0 Å². The number of morpholine rings is 1. The Bertz CT molecular complexity index is 904. The Hall–Kier alpha value is -3.07. The first-order valence-electron chi connectivity index (χ1n) is 10.3. The van der Waals surface area contributed by atoms with Gasteiger partial charge in [0.2, 0.25) is 17.8 Å². The highest BCUT2D eigenvalue weighted by atomic mass is 16.5. The number of hydrogen-bond acceptors (Lipinski definition) is 7. The van der Waals surface area contributed by atoms with Crippen molar-refractivity contribution in [1.82, 2.24) is 24.8 Å². The van der Waals surface area contributed by atoms with Gasteiger partial charge in [-0.2, -0.15) is 0 Å². The van der Waals surface area contributed by atoms with Gasteiger partial charge in [-0.15, -0.1) is 0 Å². The minimum absolute atomic E-state index is 0.0401. The molecule has 4 rings (SSSR count). The molecule has 2 saturated heterocycles. The first-order chi connectivity index (χ1) is 14.6. The maximum Gasteiger partial charge on any atom is 0.242 e. The lowest BCUT2D eigenvalue weighted by Gasteiger charge is -2.34. The average molecular weight is 410 g/mol. The number of aromatic nitrogens is 3. The highest BCUT2D eigenvalue weighted by molar-refractivity contribution is 5.85. The third-order valence-corrected chi connectivity index (χ3v) is 5.48. The van der Waals surface area contributed by atoms with Crippen LogP contribution in [0.3, 0.4) is 0 Å². The fourth-order valence-electron chi connectivity index (χ4n) is 3.79. The number of amides is 2. The van der Waals surface area contributed by atoms with Gasteiger partial charge in [-0.1, -0.05) is 12.5 Å². The fourth-order valence-corrected chi connectivity index (χ4v) is 3.79. The summed E-state index contributed by atoms with van der Waals surface area (Å²) in [5.74, 6) is 0.245. The Morgan fingerprint density at radius 3 is 2.83 bits per heavy atom. The van der Waals surface area contributed by atoms with Crippen LogP contribution in [0, 0.1) is 0 Å². The van der Waals surface area contributed by atoms with E-state index in [4.69, 9.17) is 10.5 Å². The molecule has 2 aliphatic heterocycles. The van der Waals surface area contributed by atoms with E-state index in [2.05, 4.69) is 15.0 Å². The molecular weight excluding hydrogens is 384 g/mol. The lowest BCUT2D eigenvalue weighted by molar-refractivity contribution is -0.145. The van der Waals surface area contributed by atoms with Crippen molar-refractivity contribution < 1.29 is 14.3 Å². The highest BCUT2D eigenvalue weighted by Gasteiger charge is 2.28. The van der Waals surface area contributed by atoms with Gasteiger partial charge >= 0.3 is 0 Å². The van der Waals surface area contributed by atoms with Crippen molar-refractivity contribution in [1.29, 1.82) is 0 Å². The first kappa shape index (κ1) is 20.2. The van der Waals surface area contributed by atoms with Gasteiger partial charge in [-0.25, -0.2) is 15.0 Å². The Balaban J connectivity index is 1.43. The van der Waals surface area contributed by atoms with Gasteiger partial charge in [0.05, 0.1) is 31.1 Å². The van der Waals surface area contributed by atoms with E-state index in [9.17, 15) is 9.59 Å². The molecule has 2 amide bonds. The van der Waals surface area contributed by atoms with E-state index >= 15 is 0 Å². The van der Waals surface area contributed by atoms with Crippen molar-refractivity contribution in [3.8, 4) is 11.3 Å². The van der Waals surface area contributed by atoms with Gasteiger partial charge in [-0.3, -0.25) is 9.59 Å². The summed E-state index contributed by atoms with van der Waals surface area (Å²) in [5.41, 5.74) is 7.77. The van der Waals surface area contributed by atoms with Gasteiger partial charge in [0.15, 0.2) is 0 Å². The van der Waals surface area contributed by atoms with Gasteiger partial charge in [0.25, 0.3) is 0 Å². The third kappa shape index (κ3) is 4.73. The van der Waals surface area contributed by atoms with Gasteiger partial charge in [-0.05, 0) is 25.0 Å². The van der Waals surface area contributed by atoms with E-state index in [-0.39, 0.29) is 30.4 Å². The molecule has 30 heavy (non-hydrogen) atoms. The topological polar surface area (TPSA) is 115 Å². The standard InChI is InChI=1S/C21H26N6O3/c22-21-23-11-15(12-24-21)16-5-4-6-17(25-16)18-13-27(9-10-30-18)20(29)14-26-8-3-1-2-7-19(26)28/h4-6,11-12,18H,1-3,7-10,13-14H2,(H2,22,23,24). The smallest absolute Gasteiger partial charge is 0.242 e. The molecule has 1 unspecified atom stereocenters.